The lowest BCUT2D eigenvalue weighted by Gasteiger charge is -2.14. The van der Waals surface area contributed by atoms with Gasteiger partial charge in [0.05, 0.1) is 5.69 Å². The summed E-state index contributed by atoms with van der Waals surface area (Å²) in [5, 5.41) is 8.93. The van der Waals surface area contributed by atoms with E-state index in [9.17, 15) is 18.0 Å². The van der Waals surface area contributed by atoms with Gasteiger partial charge in [0.2, 0.25) is 11.9 Å². The number of hydrogen-bond donors (Lipinski definition) is 3. The van der Waals surface area contributed by atoms with Gasteiger partial charge >= 0.3 is 6.36 Å². The molecule has 32 heavy (non-hydrogen) atoms. The zero-order valence-corrected chi connectivity index (χ0v) is 17.6. The largest absolute Gasteiger partial charge is 0.573 e. The van der Waals surface area contributed by atoms with Crippen molar-refractivity contribution < 1.29 is 22.7 Å². The fourth-order valence-corrected chi connectivity index (χ4v) is 2.82. The number of hydrogen-bond acceptors (Lipinski definition) is 6. The van der Waals surface area contributed by atoms with Crippen LogP contribution in [0.25, 0.3) is 11.3 Å². The summed E-state index contributed by atoms with van der Waals surface area (Å²) >= 11 is 0. The van der Waals surface area contributed by atoms with Crippen molar-refractivity contribution in [2.45, 2.75) is 33.2 Å². The molecule has 1 aromatic heterocycles. The predicted molar refractivity (Wildman–Crippen MR) is 117 cm³/mol. The molecule has 168 valence electrons. The number of alkyl halides is 3. The van der Waals surface area contributed by atoms with E-state index in [0.717, 1.165) is 0 Å². The minimum absolute atomic E-state index is 0.0370. The van der Waals surface area contributed by atoms with E-state index in [2.05, 4.69) is 30.7 Å². The van der Waals surface area contributed by atoms with E-state index < -0.39 is 6.36 Å². The highest BCUT2D eigenvalue weighted by Gasteiger charge is 2.31. The van der Waals surface area contributed by atoms with Gasteiger partial charge in [0.1, 0.15) is 11.6 Å². The van der Waals surface area contributed by atoms with Crippen LogP contribution in [0.4, 0.5) is 36.3 Å². The van der Waals surface area contributed by atoms with Crippen LogP contribution < -0.4 is 20.7 Å². The van der Waals surface area contributed by atoms with Gasteiger partial charge < -0.3 is 20.7 Å². The average Bonchev–Trinajstić information content (AvgIpc) is 2.67. The number of carbonyl (C=O) groups is 1. The van der Waals surface area contributed by atoms with Crippen molar-refractivity contribution in [3.8, 4) is 17.0 Å². The number of benzene rings is 2. The van der Waals surface area contributed by atoms with Gasteiger partial charge in [0.15, 0.2) is 0 Å². The summed E-state index contributed by atoms with van der Waals surface area (Å²) in [7, 11) is 0. The van der Waals surface area contributed by atoms with Crippen molar-refractivity contribution in [3.05, 3.63) is 54.6 Å². The summed E-state index contributed by atoms with van der Waals surface area (Å²) in [6.07, 6.45) is -4.79. The van der Waals surface area contributed by atoms with Crippen LogP contribution in [-0.4, -0.2) is 28.3 Å². The Labute approximate surface area is 183 Å². The Morgan fingerprint density at radius 3 is 2.31 bits per heavy atom. The van der Waals surface area contributed by atoms with Crippen molar-refractivity contribution in [1.29, 1.82) is 0 Å². The van der Waals surface area contributed by atoms with Crippen LogP contribution in [0, 0.1) is 0 Å². The van der Waals surface area contributed by atoms with Crippen LogP contribution in [0.3, 0.4) is 0 Å². The molecule has 10 heteroatoms. The number of rotatable bonds is 7. The van der Waals surface area contributed by atoms with Gasteiger partial charge in [-0.1, -0.05) is 12.1 Å². The van der Waals surface area contributed by atoms with E-state index in [1.54, 1.807) is 36.4 Å². The molecule has 0 fully saturated rings. The monoisotopic (exact) mass is 445 g/mol. The highest BCUT2D eigenvalue weighted by atomic mass is 19.4. The maximum Gasteiger partial charge on any atom is 0.573 e. The molecular formula is C22H22F3N5O2. The van der Waals surface area contributed by atoms with E-state index in [-0.39, 0.29) is 17.7 Å². The second-order valence-corrected chi connectivity index (χ2v) is 7.22. The number of aromatic nitrogens is 2. The number of amides is 1. The molecule has 0 spiro atoms. The van der Waals surface area contributed by atoms with E-state index >= 15 is 0 Å². The van der Waals surface area contributed by atoms with E-state index in [4.69, 9.17) is 0 Å². The zero-order valence-electron chi connectivity index (χ0n) is 17.6. The van der Waals surface area contributed by atoms with Crippen LogP contribution in [0.2, 0.25) is 0 Å². The molecule has 0 aliphatic carbocycles. The minimum atomic E-state index is -4.79. The molecule has 3 aromatic rings. The van der Waals surface area contributed by atoms with E-state index in [1.807, 2.05) is 13.8 Å². The fraction of sp³-hybridized carbons (Fsp3) is 0.227. The lowest BCUT2D eigenvalue weighted by Crippen LogP contribution is -2.17. The molecule has 1 heterocycles. The second kappa shape index (κ2) is 9.54. The molecule has 0 aliphatic heterocycles. The van der Waals surface area contributed by atoms with Crippen molar-refractivity contribution in [1.82, 2.24) is 9.97 Å². The summed E-state index contributed by atoms with van der Waals surface area (Å²) in [5.41, 5.74) is 2.20. The quantitative estimate of drug-likeness (QED) is 0.441. The molecule has 0 aliphatic rings. The third-order valence-electron chi connectivity index (χ3n) is 3.98. The molecule has 0 atom stereocenters. The van der Waals surface area contributed by atoms with Gasteiger partial charge in [-0.05, 0) is 50.2 Å². The van der Waals surface area contributed by atoms with Crippen LogP contribution >= 0.6 is 0 Å². The molecule has 0 radical (unpaired) electrons. The number of halogens is 3. The van der Waals surface area contributed by atoms with Crippen LogP contribution in [-0.2, 0) is 4.79 Å². The first kappa shape index (κ1) is 22.9. The van der Waals surface area contributed by atoms with Crippen molar-refractivity contribution in [2.75, 3.05) is 16.0 Å². The normalized spacial score (nSPS) is 11.2. The predicted octanol–water partition coefficient (Wildman–Crippen LogP) is 5.56. The number of ether oxygens (including phenoxy) is 1. The molecule has 0 bridgehead atoms. The first-order chi connectivity index (χ1) is 15.1. The van der Waals surface area contributed by atoms with Crippen LogP contribution in [0.5, 0.6) is 5.75 Å². The average molecular weight is 445 g/mol. The van der Waals surface area contributed by atoms with Gasteiger partial charge in [-0.15, -0.1) is 13.2 Å². The fourth-order valence-electron chi connectivity index (χ4n) is 2.82. The van der Waals surface area contributed by atoms with E-state index in [0.29, 0.717) is 34.4 Å². The summed E-state index contributed by atoms with van der Waals surface area (Å²) in [5.74, 6) is 0.243. The molecule has 1 amide bonds. The third kappa shape index (κ3) is 6.86. The maximum atomic E-state index is 12.6. The van der Waals surface area contributed by atoms with Crippen LogP contribution in [0.15, 0.2) is 54.6 Å². The Bertz CT molecular complexity index is 1090. The first-order valence-electron chi connectivity index (χ1n) is 9.74. The number of nitrogens with zero attached hydrogens (tertiary/aromatic N) is 2. The topological polar surface area (TPSA) is 88.2 Å². The molecule has 0 saturated heterocycles. The Morgan fingerprint density at radius 1 is 1.00 bits per heavy atom. The summed E-state index contributed by atoms with van der Waals surface area (Å²) in [6.45, 7) is 5.26. The van der Waals surface area contributed by atoms with E-state index in [1.165, 1.54) is 25.1 Å². The second-order valence-electron chi connectivity index (χ2n) is 7.22. The molecular weight excluding hydrogens is 423 g/mol. The lowest BCUT2D eigenvalue weighted by molar-refractivity contribution is -0.274. The third-order valence-corrected chi connectivity index (χ3v) is 3.98. The number of nitrogens with one attached hydrogen (secondary N) is 3. The molecule has 7 nitrogen and oxygen atoms in total. The highest BCUT2D eigenvalue weighted by Crippen LogP contribution is 2.29. The molecule has 2 aromatic carbocycles. The molecule has 3 rings (SSSR count). The van der Waals surface area contributed by atoms with Crippen molar-refractivity contribution in [2.24, 2.45) is 0 Å². The molecule has 0 saturated carbocycles. The zero-order chi connectivity index (χ0) is 23.3. The van der Waals surface area contributed by atoms with Gasteiger partial charge in [-0.25, -0.2) is 4.98 Å². The van der Waals surface area contributed by atoms with Gasteiger partial charge in [0, 0.05) is 36.0 Å². The van der Waals surface area contributed by atoms with Gasteiger partial charge in [-0.2, -0.15) is 4.98 Å². The van der Waals surface area contributed by atoms with Crippen molar-refractivity contribution in [3.63, 3.8) is 0 Å². The highest BCUT2D eigenvalue weighted by molar-refractivity contribution is 5.88. The summed E-state index contributed by atoms with van der Waals surface area (Å²) < 4.78 is 41.8. The minimum Gasteiger partial charge on any atom is -0.406 e. The van der Waals surface area contributed by atoms with Crippen molar-refractivity contribution >= 4 is 29.0 Å². The lowest BCUT2D eigenvalue weighted by atomic mass is 10.1. The maximum absolute atomic E-state index is 12.6. The SMILES string of the molecule is CC(=O)Nc1ccc(Nc2cc(-c3cccc(OC(F)(F)F)c3)nc(NC(C)C)n2)cc1. The Kier molecular flexibility index (Phi) is 6.82. The number of anilines is 4. The van der Waals surface area contributed by atoms with Crippen LogP contribution in [0.1, 0.15) is 20.8 Å². The molecule has 3 N–H and O–H groups in total. The summed E-state index contributed by atoms with van der Waals surface area (Å²) in [6, 6.07) is 14.2. The standard InChI is InChI=1S/C22H22F3N5O2/c1-13(2)26-21-29-19(15-5-4-6-18(11-15)32-22(23,24)25)12-20(30-21)28-17-9-7-16(8-10-17)27-14(3)31/h4-13H,1-3H3,(H,27,31)(H2,26,28,29,30). The Hall–Kier alpha value is -3.82. The Balaban J connectivity index is 1.92. The first-order valence-corrected chi connectivity index (χ1v) is 9.74. The smallest absolute Gasteiger partial charge is 0.406 e. The number of carbonyl (C=O) groups excluding carboxylic acids is 1. The Morgan fingerprint density at radius 2 is 1.69 bits per heavy atom. The van der Waals surface area contributed by atoms with Gasteiger partial charge in [0.25, 0.3) is 0 Å². The summed E-state index contributed by atoms with van der Waals surface area (Å²) in [4.78, 5) is 20.0. The van der Waals surface area contributed by atoms with Gasteiger partial charge in [-0.3, -0.25) is 4.79 Å². The molecule has 0 unspecified atom stereocenters.